The van der Waals surface area contributed by atoms with Crippen molar-refractivity contribution in [3.05, 3.63) is 105 Å². The van der Waals surface area contributed by atoms with Gasteiger partial charge in [-0.1, -0.05) is 18.2 Å². The first-order chi connectivity index (χ1) is 21.2. The number of nitrogens with one attached hydrogen (secondary N) is 1. The highest BCUT2D eigenvalue weighted by Crippen LogP contribution is 2.35. The van der Waals surface area contributed by atoms with Crippen LogP contribution in [-0.4, -0.2) is 48.2 Å². The van der Waals surface area contributed by atoms with Crippen LogP contribution < -0.4 is 19.6 Å². The number of aryl methyl sites for hydroxylation is 2. The van der Waals surface area contributed by atoms with E-state index in [0.29, 0.717) is 45.9 Å². The number of pyridine rings is 3. The number of nitrogens with zero attached hydrogens (tertiary/aromatic N) is 2. The van der Waals surface area contributed by atoms with Gasteiger partial charge in [0.05, 0.1) is 24.8 Å². The molecule has 0 aliphatic rings. The van der Waals surface area contributed by atoms with Crippen molar-refractivity contribution in [3.8, 4) is 34.3 Å². The fraction of sp³-hybridized carbons (Fsp3) is 0.212. The number of rotatable bonds is 11. The Morgan fingerprint density at radius 3 is 2.39 bits per heavy atom. The van der Waals surface area contributed by atoms with E-state index in [2.05, 4.69) is 15.0 Å². The Morgan fingerprint density at radius 1 is 0.909 bits per heavy atom. The summed E-state index contributed by atoms with van der Waals surface area (Å²) in [6.07, 6.45) is 1.27. The molecule has 0 spiro atoms. The minimum absolute atomic E-state index is 0.0375. The molecule has 0 fully saturated rings. The number of Topliss-reactive ketones (excluding diaryl/α,β-unsaturated/α-hetero) is 1. The lowest BCUT2D eigenvalue weighted by Crippen LogP contribution is -2.22. The van der Waals surface area contributed by atoms with Crippen molar-refractivity contribution in [2.45, 2.75) is 20.3 Å². The summed E-state index contributed by atoms with van der Waals surface area (Å²) in [4.78, 5) is 38.6. The number of ketones is 1. The molecule has 1 N–H and O–H groups in total. The number of aromatic nitrogens is 3. The Kier molecular flexibility index (Phi) is 8.96. The molecule has 0 radical (unpaired) electrons. The summed E-state index contributed by atoms with van der Waals surface area (Å²) >= 11 is 0. The van der Waals surface area contributed by atoms with Crippen LogP contribution >= 0.6 is 0 Å². The van der Waals surface area contributed by atoms with Crippen molar-refractivity contribution >= 4 is 16.8 Å². The first-order valence-corrected chi connectivity index (χ1v) is 13.6. The first-order valence-electron chi connectivity index (χ1n) is 13.6. The lowest BCUT2D eigenvalue weighted by Gasteiger charge is -2.13. The van der Waals surface area contributed by atoms with Crippen molar-refractivity contribution in [2.24, 2.45) is 0 Å². The summed E-state index contributed by atoms with van der Waals surface area (Å²) in [5.41, 5.74) is 2.30. The quantitative estimate of drug-likeness (QED) is 0.142. The molecule has 3 heterocycles. The number of methoxy groups -OCH3 is 2. The Balaban J connectivity index is 1.39. The van der Waals surface area contributed by atoms with Gasteiger partial charge >= 0.3 is 0 Å². The molecule has 2 aromatic carbocycles. The highest BCUT2D eigenvalue weighted by Gasteiger charge is 2.21. The van der Waals surface area contributed by atoms with E-state index in [1.165, 1.54) is 49.7 Å². The topological polar surface area (TPSA) is 113 Å². The van der Waals surface area contributed by atoms with Crippen molar-refractivity contribution in [1.29, 1.82) is 0 Å². The van der Waals surface area contributed by atoms with Gasteiger partial charge in [-0.3, -0.25) is 14.6 Å². The predicted octanol–water partition coefficient (Wildman–Crippen LogP) is 6.13. The van der Waals surface area contributed by atoms with Gasteiger partial charge in [0, 0.05) is 48.8 Å². The Labute approximate surface area is 251 Å². The smallest absolute Gasteiger partial charge is 0.257 e. The van der Waals surface area contributed by atoms with Crippen LogP contribution in [0.25, 0.3) is 22.2 Å². The van der Waals surface area contributed by atoms with Crippen LogP contribution in [0.15, 0.2) is 65.6 Å². The maximum Gasteiger partial charge on any atom is 0.257 e. The second-order valence-electron chi connectivity index (χ2n) is 9.94. The number of benzene rings is 2. The van der Waals surface area contributed by atoms with Gasteiger partial charge in [0.2, 0.25) is 5.43 Å². The Morgan fingerprint density at radius 2 is 1.68 bits per heavy atom. The number of H-pyrrole nitrogens is 1. The third kappa shape index (κ3) is 6.28. The van der Waals surface area contributed by atoms with Crippen molar-refractivity contribution in [3.63, 3.8) is 0 Å². The van der Waals surface area contributed by atoms with Crippen LogP contribution in [0.1, 0.15) is 27.3 Å². The second-order valence-corrected chi connectivity index (χ2v) is 9.94. The maximum atomic E-state index is 15.3. The van der Waals surface area contributed by atoms with Gasteiger partial charge < -0.3 is 23.9 Å². The molecule has 44 heavy (non-hydrogen) atoms. The molecule has 3 aromatic heterocycles. The molecular formula is C33H29F2N3O6. The second kappa shape index (κ2) is 13.0. The molecule has 0 atom stereocenters. The summed E-state index contributed by atoms with van der Waals surface area (Å²) in [5.74, 6) is -0.939. The van der Waals surface area contributed by atoms with E-state index in [9.17, 15) is 14.0 Å². The van der Waals surface area contributed by atoms with Crippen LogP contribution in [0.2, 0.25) is 0 Å². The normalized spacial score (nSPS) is 11.0. The number of carbonyl (C=O) groups is 1. The first kappa shape index (κ1) is 30.3. The molecule has 0 saturated heterocycles. The molecule has 9 nitrogen and oxygen atoms in total. The van der Waals surface area contributed by atoms with Gasteiger partial charge in [-0.05, 0) is 49.2 Å². The lowest BCUT2D eigenvalue weighted by atomic mass is 9.95. The number of aromatic amines is 1. The van der Waals surface area contributed by atoms with Crippen molar-refractivity contribution < 1.29 is 32.5 Å². The number of hydrogen-bond acceptors (Lipinski definition) is 8. The van der Waals surface area contributed by atoms with E-state index in [1.54, 1.807) is 39.2 Å². The fourth-order valence-corrected chi connectivity index (χ4v) is 4.88. The van der Waals surface area contributed by atoms with Crippen molar-refractivity contribution in [1.82, 2.24) is 15.0 Å². The fourth-order valence-electron chi connectivity index (χ4n) is 4.88. The van der Waals surface area contributed by atoms with Crippen molar-refractivity contribution in [2.75, 3.05) is 27.4 Å². The highest BCUT2D eigenvalue weighted by atomic mass is 19.1. The highest BCUT2D eigenvalue weighted by molar-refractivity contribution is 5.99. The Hall–Kier alpha value is -5.16. The summed E-state index contributed by atoms with van der Waals surface area (Å²) < 4.78 is 50.6. The van der Waals surface area contributed by atoms with E-state index in [-0.39, 0.29) is 41.5 Å². The third-order valence-corrected chi connectivity index (χ3v) is 6.92. The molecule has 5 aromatic rings. The molecule has 0 unspecified atom stereocenters. The molecule has 0 aliphatic carbocycles. The molecule has 11 heteroatoms. The number of hydrogen-bond donors (Lipinski definition) is 1. The number of halogens is 2. The zero-order valence-electron chi connectivity index (χ0n) is 24.5. The van der Waals surface area contributed by atoms with Crippen LogP contribution in [0.3, 0.4) is 0 Å². The standard InChI is InChI=1S/C33H29F2N3O6/c1-18-29(21-6-8-22(34)9-7-21)32(40)30(19(2)37-18)25(39)16-20-5-10-26(23(35)15-20)44-27-11-12-36-24-17-28(43-14-13-41-3)33(42-4)38-31(24)27/h5-12,15,17H,13-14,16H2,1-4H3,(H,37,40). The molecular weight excluding hydrogens is 572 g/mol. The minimum Gasteiger partial charge on any atom is -0.485 e. The molecule has 0 bridgehead atoms. The van der Waals surface area contributed by atoms with Gasteiger partial charge in [0.15, 0.2) is 28.8 Å². The van der Waals surface area contributed by atoms with E-state index >= 15 is 4.39 Å². The van der Waals surface area contributed by atoms with E-state index in [1.807, 2.05) is 0 Å². The van der Waals surface area contributed by atoms with Crippen LogP contribution in [-0.2, 0) is 11.2 Å². The van der Waals surface area contributed by atoms with Crippen LogP contribution in [0.4, 0.5) is 8.78 Å². The number of fused-ring (bicyclic) bond motifs is 1. The molecule has 0 aliphatic heterocycles. The Bertz CT molecular complexity index is 1910. The maximum absolute atomic E-state index is 15.3. The van der Waals surface area contributed by atoms with Gasteiger partial charge in [0.25, 0.3) is 5.88 Å². The average Bonchev–Trinajstić information content (AvgIpc) is 2.99. The lowest BCUT2D eigenvalue weighted by molar-refractivity contribution is 0.0991. The summed E-state index contributed by atoms with van der Waals surface area (Å²) in [5, 5.41) is 0. The summed E-state index contributed by atoms with van der Waals surface area (Å²) in [6, 6.07) is 12.8. The predicted molar refractivity (Wildman–Crippen MR) is 160 cm³/mol. The molecule has 226 valence electrons. The van der Waals surface area contributed by atoms with E-state index in [4.69, 9.17) is 18.9 Å². The summed E-state index contributed by atoms with van der Waals surface area (Å²) in [7, 11) is 3.01. The molecule has 0 saturated carbocycles. The molecule has 0 amide bonds. The third-order valence-electron chi connectivity index (χ3n) is 6.92. The van der Waals surface area contributed by atoms with Crippen LogP contribution in [0.5, 0.6) is 23.1 Å². The van der Waals surface area contributed by atoms with Gasteiger partial charge in [-0.2, -0.15) is 0 Å². The SMILES string of the molecule is COCCOc1cc2nccc(Oc3ccc(CC(=O)c4c(C)[nH]c(C)c(-c5ccc(F)cc5)c4=O)cc3F)c2nc1OC. The van der Waals surface area contributed by atoms with Crippen LogP contribution in [0, 0.1) is 25.5 Å². The van der Waals surface area contributed by atoms with E-state index < -0.39 is 22.8 Å². The molecule has 5 rings (SSSR count). The average molecular weight is 602 g/mol. The number of carbonyl (C=O) groups excluding carboxylic acids is 1. The minimum atomic E-state index is -0.715. The summed E-state index contributed by atoms with van der Waals surface area (Å²) in [6.45, 7) is 3.99. The zero-order chi connectivity index (χ0) is 31.4. The largest absolute Gasteiger partial charge is 0.485 e. The van der Waals surface area contributed by atoms with Gasteiger partial charge in [-0.15, -0.1) is 0 Å². The van der Waals surface area contributed by atoms with Gasteiger partial charge in [0.1, 0.15) is 17.9 Å². The number of ether oxygens (including phenoxy) is 4. The monoisotopic (exact) mass is 601 g/mol. The van der Waals surface area contributed by atoms with E-state index in [0.717, 1.165) is 0 Å². The zero-order valence-corrected chi connectivity index (χ0v) is 24.5. The van der Waals surface area contributed by atoms with Gasteiger partial charge in [-0.25, -0.2) is 13.8 Å².